The molecule has 0 bridgehead atoms. The quantitative estimate of drug-likeness (QED) is 0.597. The van der Waals surface area contributed by atoms with Crippen LogP contribution < -0.4 is 0 Å². The summed E-state index contributed by atoms with van der Waals surface area (Å²) in [6.07, 6.45) is 0. The first kappa shape index (κ1) is 12.1. The molecule has 0 aliphatic carbocycles. The fourth-order valence-corrected chi connectivity index (χ4v) is 2.03. The van der Waals surface area contributed by atoms with Gasteiger partial charge in [0, 0.05) is 10.5 Å². The number of nitro groups is 1. The minimum Gasteiger partial charge on any atom is -0.258 e. The highest BCUT2D eigenvalue weighted by atomic mass is 79.9. The topological polar surface area (TPSA) is 43.1 Å². The summed E-state index contributed by atoms with van der Waals surface area (Å²) in [5, 5.41) is 11.5. The first-order chi connectivity index (χ1) is 8.09. The van der Waals surface area contributed by atoms with Crippen LogP contribution in [0.2, 0.25) is 5.02 Å². The fraction of sp³-hybridized carbons (Fsp3) is 0. The predicted octanol–water partition coefficient (Wildman–Crippen LogP) is 4.68. The van der Waals surface area contributed by atoms with Crippen molar-refractivity contribution in [2.75, 3.05) is 0 Å². The van der Waals surface area contributed by atoms with E-state index in [9.17, 15) is 10.1 Å². The maximum Gasteiger partial charge on any atom is 0.278 e. The molecule has 0 aliphatic heterocycles. The summed E-state index contributed by atoms with van der Waals surface area (Å²) in [7, 11) is 0. The molecule has 0 N–H and O–H groups in total. The lowest BCUT2D eigenvalue weighted by Crippen LogP contribution is -1.92. The van der Waals surface area contributed by atoms with E-state index in [-0.39, 0.29) is 5.69 Å². The normalized spacial score (nSPS) is 10.2. The van der Waals surface area contributed by atoms with Crippen molar-refractivity contribution in [1.29, 1.82) is 0 Å². The van der Waals surface area contributed by atoms with Crippen LogP contribution in [0.25, 0.3) is 11.1 Å². The number of benzene rings is 2. The van der Waals surface area contributed by atoms with Gasteiger partial charge in [-0.1, -0.05) is 41.9 Å². The molecule has 0 saturated carbocycles. The molecule has 86 valence electrons. The van der Waals surface area contributed by atoms with Crippen LogP contribution in [0.3, 0.4) is 0 Å². The molecule has 17 heavy (non-hydrogen) atoms. The molecular weight excluding hydrogens is 305 g/mol. The van der Waals surface area contributed by atoms with Crippen molar-refractivity contribution in [1.82, 2.24) is 0 Å². The lowest BCUT2D eigenvalue weighted by Gasteiger charge is -2.05. The molecule has 0 heterocycles. The van der Waals surface area contributed by atoms with Crippen molar-refractivity contribution in [3.05, 3.63) is 62.1 Å². The molecule has 5 heteroatoms. The summed E-state index contributed by atoms with van der Waals surface area (Å²) in [5.74, 6) is 0. The van der Waals surface area contributed by atoms with Crippen molar-refractivity contribution in [2.45, 2.75) is 0 Å². The monoisotopic (exact) mass is 311 g/mol. The van der Waals surface area contributed by atoms with Crippen LogP contribution in [0.15, 0.2) is 46.9 Å². The van der Waals surface area contributed by atoms with E-state index in [1.165, 1.54) is 6.07 Å². The molecule has 2 rings (SSSR count). The first-order valence-corrected chi connectivity index (χ1v) is 5.95. The third-order valence-electron chi connectivity index (χ3n) is 2.32. The van der Waals surface area contributed by atoms with Crippen molar-refractivity contribution >= 4 is 33.2 Å². The van der Waals surface area contributed by atoms with E-state index in [2.05, 4.69) is 15.9 Å². The Morgan fingerprint density at radius 2 is 1.82 bits per heavy atom. The Morgan fingerprint density at radius 3 is 2.41 bits per heavy atom. The number of halogens is 2. The molecule has 2 aromatic carbocycles. The summed E-state index contributed by atoms with van der Waals surface area (Å²) in [6, 6.07) is 12.2. The molecule has 3 nitrogen and oxygen atoms in total. The average molecular weight is 313 g/mol. The molecule has 0 radical (unpaired) electrons. The van der Waals surface area contributed by atoms with Gasteiger partial charge in [0.1, 0.15) is 0 Å². The van der Waals surface area contributed by atoms with E-state index < -0.39 is 4.92 Å². The summed E-state index contributed by atoms with van der Waals surface area (Å²) in [4.78, 5) is 10.6. The lowest BCUT2D eigenvalue weighted by molar-refractivity contribution is -0.384. The third kappa shape index (κ3) is 2.48. The van der Waals surface area contributed by atoms with Gasteiger partial charge in [0.05, 0.1) is 15.5 Å². The Morgan fingerprint density at radius 1 is 1.18 bits per heavy atom. The molecule has 0 fully saturated rings. The summed E-state index contributed by atoms with van der Waals surface area (Å²) >= 11 is 9.16. The summed E-state index contributed by atoms with van der Waals surface area (Å²) in [6.45, 7) is 0. The molecule has 0 unspecified atom stereocenters. The highest BCUT2D eigenvalue weighted by Crippen LogP contribution is 2.36. The van der Waals surface area contributed by atoms with E-state index >= 15 is 0 Å². The highest BCUT2D eigenvalue weighted by molar-refractivity contribution is 9.10. The minimum atomic E-state index is -0.413. The Kier molecular flexibility index (Phi) is 3.45. The van der Waals surface area contributed by atoms with Crippen LogP contribution in [0.4, 0.5) is 5.69 Å². The summed E-state index contributed by atoms with van der Waals surface area (Å²) in [5.41, 5.74) is 1.32. The largest absolute Gasteiger partial charge is 0.278 e. The number of rotatable bonds is 2. The molecule has 2 aromatic rings. The molecule has 0 saturated heterocycles. The average Bonchev–Trinajstić information content (AvgIpc) is 2.33. The van der Waals surface area contributed by atoms with Crippen molar-refractivity contribution < 1.29 is 4.92 Å². The zero-order valence-electron chi connectivity index (χ0n) is 8.56. The van der Waals surface area contributed by atoms with Gasteiger partial charge in [0.2, 0.25) is 0 Å². The second kappa shape index (κ2) is 4.85. The smallest absolute Gasteiger partial charge is 0.258 e. The van der Waals surface area contributed by atoms with E-state index in [0.29, 0.717) is 15.1 Å². The van der Waals surface area contributed by atoms with Crippen LogP contribution in [0.1, 0.15) is 0 Å². The van der Waals surface area contributed by atoms with Crippen LogP contribution in [0.5, 0.6) is 0 Å². The zero-order chi connectivity index (χ0) is 12.4. The first-order valence-electron chi connectivity index (χ1n) is 4.78. The van der Waals surface area contributed by atoms with Gasteiger partial charge in [0.25, 0.3) is 5.69 Å². The Bertz CT molecular complexity index is 572. The van der Waals surface area contributed by atoms with Gasteiger partial charge >= 0.3 is 0 Å². The Balaban J connectivity index is 2.68. The second-order valence-corrected chi connectivity index (χ2v) is 4.67. The van der Waals surface area contributed by atoms with Crippen LogP contribution >= 0.6 is 27.5 Å². The van der Waals surface area contributed by atoms with Crippen LogP contribution in [-0.4, -0.2) is 4.92 Å². The van der Waals surface area contributed by atoms with Crippen LogP contribution in [0, 0.1) is 10.1 Å². The third-order valence-corrected chi connectivity index (χ3v) is 3.52. The number of nitro benzene ring substituents is 1. The second-order valence-electron chi connectivity index (χ2n) is 3.41. The molecule has 0 aromatic heterocycles. The maximum absolute atomic E-state index is 11.0. The maximum atomic E-state index is 11.0. The molecule has 0 aliphatic rings. The highest BCUT2D eigenvalue weighted by Gasteiger charge is 2.17. The van der Waals surface area contributed by atoms with Gasteiger partial charge in [-0.2, -0.15) is 0 Å². The van der Waals surface area contributed by atoms with Crippen molar-refractivity contribution in [2.24, 2.45) is 0 Å². The van der Waals surface area contributed by atoms with Gasteiger partial charge in [-0.3, -0.25) is 10.1 Å². The van der Waals surface area contributed by atoms with Crippen LogP contribution in [-0.2, 0) is 0 Å². The number of hydrogen-bond donors (Lipinski definition) is 0. The number of hydrogen-bond acceptors (Lipinski definition) is 2. The van der Waals surface area contributed by atoms with Gasteiger partial charge in [-0.05, 0) is 27.6 Å². The van der Waals surface area contributed by atoms with Crippen molar-refractivity contribution in [3.8, 4) is 11.1 Å². The SMILES string of the molecule is O=[N+]([O-])c1cc(Br)c(Cl)cc1-c1ccccc1. The summed E-state index contributed by atoms with van der Waals surface area (Å²) < 4.78 is 0.519. The van der Waals surface area contributed by atoms with Gasteiger partial charge in [-0.15, -0.1) is 0 Å². The zero-order valence-corrected chi connectivity index (χ0v) is 10.9. The van der Waals surface area contributed by atoms with Gasteiger partial charge in [0.15, 0.2) is 0 Å². The number of nitrogens with zero attached hydrogens (tertiary/aromatic N) is 1. The lowest BCUT2D eigenvalue weighted by atomic mass is 10.0. The van der Waals surface area contributed by atoms with Gasteiger partial charge < -0.3 is 0 Å². The van der Waals surface area contributed by atoms with E-state index in [1.54, 1.807) is 6.07 Å². The Hall–Kier alpha value is -1.39. The fourth-order valence-electron chi connectivity index (χ4n) is 1.54. The standard InChI is InChI=1S/C12H7BrClNO2/c13-10-7-12(15(16)17)9(6-11(10)14)8-4-2-1-3-5-8/h1-7H. The molecule has 0 atom stereocenters. The van der Waals surface area contributed by atoms with Crippen molar-refractivity contribution in [3.63, 3.8) is 0 Å². The molecule has 0 amide bonds. The minimum absolute atomic E-state index is 0.0347. The Labute approximate surface area is 111 Å². The van der Waals surface area contributed by atoms with E-state index in [0.717, 1.165) is 5.56 Å². The van der Waals surface area contributed by atoms with Gasteiger partial charge in [-0.25, -0.2) is 0 Å². The van der Waals surface area contributed by atoms with E-state index in [1.807, 2.05) is 30.3 Å². The predicted molar refractivity (Wildman–Crippen MR) is 71.2 cm³/mol. The molecule has 0 spiro atoms. The van der Waals surface area contributed by atoms with E-state index in [4.69, 9.17) is 11.6 Å². The molecular formula is C12H7BrClNO2.